The normalized spacial score (nSPS) is 20.4. The minimum atomic E-state index is -0.181. The molecular formula is C12H14N4O. The molecule has 17 heavy (non-hydrogen) atoms. The van der Waals surface area contributed by atoms with Gasteiger partial charge >= 0.3 is 0 Å². The molecule has 1 aliphatic rings. The highest BCUT2D eigenvalue weighted by Gasteiger charge is 2.31. The number of hydrogen-bond donors (Lipinski definition) is 1. The average Bonchev–Trinajstić information content (AvgIpc) is 2.84. The number of likely N-dealkylation sites (N-methyl/N-ethyl adjacent to an activating group) is 1. The molecule has 1 unspecified atom stereocenters. The molecule has 0 spiro atoms. The van der Waals surface area contributed by atoms with Gasteiger partial charge in [-0.3, -0.25) is 9.48 Å². The number of amides is 1. The van der Waals surface area contributed by atoms with Crippen molar-refractivity contribution in [1.82, 2.24) is 14.7 Å². The van der Waals surface area contributed by atoms with Crippen molar-refractivity contribution in [3.8, 4) is 0 Å². The Bertz CT molecular complexity index is 589. The van der Waals surface area contributed by atoms with Crippen LogP contribution >= 0.6 is 0 Å². The number of fused-ring (bicyclic) bond motifs is 1. The number of carbonyl (C=O) groups is 1. The summed E-state index contributed by atoms with van der Waals surface area (Å²) in [6.45, 7) is 0.785. The Balaban J connectivity index is 2.12. The van der Waals surface area contributed by atoms with Crippen LogP contribution in [0.5, 0.6) is 0 Å². The second-order valence-corrected chi connectivity index (χ2v) is 4.47. The minimum Gasteiger partial charge on any atom is -0.399 e. The van der Waals surface area contributed by atoms with E-state index < -0.39 is 0 Å². The largest absolute Gasteiger partial charge is 0.399 e. The van der Waals surface area contributed by atoms with Crippen LogP contribution in [-0.4, -0.2) is 34.2 Å². The van der Waals surface area contributed by atoms with Gasteiger partial charge in [-0.1, -0.05) is 0 Å². The smallest absolute Gasteiger partial charge is 0.247 e. The molecule has 3 rings (SSSR count). The number of aromatic nitrogens is 2. The summed E-state index contributed by atoms with van der Waals surface area (Å²) in [5.74, 6) is 0.123. The molecular weight excluding hydrogens is 216 g/mol. The Labute approximate surface area is 98.8 Å². The highest BCUT2D eigenvalue weighted by molar-refractivity contribution is 5.87. The topological polar surface area (TPSA) is 64.2 Å². The van der Waals surface area contributed by atoms with E-state index in [1.165, 1.54) is 0 Å². The van der Waals surface area contributed by atoms with Crippen LogP contribution in [0.15, 0.2) is 24.4 Å². The lowest BCUT2D eigenvalue weighted by Gasteiger charge is -2.11. The van der Waals surface area contributed by atoms with Gasteiger partial charge in [0.15, 0.2) is 0 Å². The van der Waals surface area contributed by atoms with Crippen molar-refractivity contribution in [3.63, 3.8) is 0 Å². The number of nitrogen functional groups attached to an aromatic ring is 1. The van der Waals surface area contributed by atoms with E-state index in [0.717, 1.165) is 23.9 Å². The zero-order chi connectivity index (χ0) is 12.0. The van der Waals surface area contributed by atoms with Crippen LogP contribution in [0.3, 0.4) is 0 Å². The van der Waals surface area contributed by atoms with Crippen molar-refractivity contribution in [1.29, 1.82) is 0 Å². The van der Waals surface area contributed by atoms with E-state index >= 15 is 0 Å². The van der Waals surface area contributed by atoms with Crippen LogP contribution in [0.2, 0.25) is 0 Å². The fraction of sp³-hybridized carbons (Fsp3) is 0.333. The van der Waals surface area contributed by atoms with Crippen molar-refractivity contribution >= 4 is 22.5 Å². The molecule has 1 aromatic carbocycles. The lowest BCUT2D eigenvalue weighted by Crippen LogP contribution is -2.24. The monoisotopic (exact) mass is 230 g/mol. The maximum atomic E-state index is 12.0. The molecule has 1 atom stereocenters. The van der Waals surface area contributed by atoms with E-state index in [1.54, 1.807) is 15.8 Å². The Morgan fingerprint density at radius 2 is 2.29 bits per heavy atom. The summed E-state index contributed by atoms with van der Waals surface area (Å²) in [6.07, 6.45) is 2.58. The molecule has 2 N–H and O–H groups in total. The quantitative estimate of drug-likeness (QED) is 0.744. The highest BCUT2D eigenvalue weighted by Crippen LogP contribution is 2.26. The van der Waals surface area contributed by atoms with E-state index in [2.05, 4.69) is 5.10 Å². The molecule has 1 fully saturated rings. The molecule has 1 aromatic heterocycles. The number of nitrogens with zero attached hydrogens (tertiary/aromatic N) is 3. The van der Waals surface area contributed by atoms with Crippen LogP contribution in [-0.2, 0) is 4.79 Å². The molecule has 0 saturated carbocycles. The van der Waals surface area contributed by atoms with Gasteiger partial charge in [0, 0.05) is 24.7 Å². The Morgan fingerprint density at radius 1 is 1.47 bits per heavy atom. The molecule has 88 valence electrons. The van der Waals surface area contributed by atoms with Gasteiger partial charge in [-0.05, 0) is 24.6 Å². The zero-order valence-electron chi connectivity index (χ0n) is 9.63. The van der Waals surface area contributed by atoms with Crippen LogP contribution in [0.1, 0.15) is 12.5 Å². The molecule has 1 amide bonds. The molecule has 0 radical (unpaired) electrons. The summed E-state index contributed by atoms with van der Waals surface area (Å²) in [6, 6.07) is 5.46. The fourth-order valence-corrected chi connectivity index (χ4v) is 2.33. The third-order valence-corrected chi connectivity index (χ3v) is 3.32. The van der Waals surface area contributed by atoms with Gasteiger partial charge in [-0.25, -0.2) is 0 Å². The Kier molecular flexibility index (Phi) is 2.07. The predicted molar refractivity (Wildman–Crippen MR) is 65.4 cm³/mol. The highest BCUT2D eigenvalue weighted by atomic mass is 16.2. The number of hydrogen-bond acceptors (Lipinski definition) is 3. The van der Waals surface area contributed by atoms with E-state index in [1.807, 2.05) is 25.2 Å². The number of carbonyl (C=O) groups excluding carboxylic acids is 1. The lowest BCUT2D eigenvalue weighted by molar-refractivity contribution is -0.129. The summed E-state index contributed by atoms with van der Waals surface area (Å²) in [4.78, 5) is 13.7. The standard InChI is InChI=1S/C12H14N4O/c1-15-5-4-10(12(15)17)16-11-6-9(13)3-2-8(11)7-14-16/h2-3,6-7,10H,4-5,13H2,1H3. The third kappa shape index (κ3) is 1.46. The summed E-state index contributed by atoms with van der Waals surface area (Å²) in [5.41, 5.74) is 7.40. The van der Waals surface area contributed by atoms with Crippen molar-refractivity contribution in [2.75, 3.05) is 19.3 Å². The molecule has 2 aromatic rings. The molecule has 0 bridgehead atoms. The van der Waals surface area contributed by atoms with E-state index in [0.29, 0.717) is 5.69 Å². The van der Waals surface area contributed by atoms with Gasteiger partial charge in [0.25, 0.3) is 0 Å². The van der Waals surface area contributed by atoms with Gasteiger partial charge in [0.1, 0.15) is 6.04 Å². The van der Waals surface area contributed by atoms with Gasteiger partial charge in [0.05, 0.1) is 11.7 Å². The first kappa shape index (κ1) is 10.1. The Morgan fingerprint density at radius 3 is 3.00 bits per heavy atom. The summed E-state index contributed by atoms with van der Waals surface area (Å²) in [5, 5.41) is 5.33. The van der Waals surface area contributed by atoms with Crippen LogP contribution in [0, 0.1) is 0 Å². The van der Waals surface area contributed by atoms with Gasteiger partial charge in [-0.15, -0.1) is 0 Å². The number of anilines is 1. The fourth-order valence-electron chi connectivity index (χ4n) is 2.33. The number of likely N-dealkylation sites (tertiary alicyclic amines) is 1. The van der Waals surface area contributed by atoms with E-state index in [4.69, 9.17) is 5.73 Å². The van der Waals surface area contributed by atoms with Crippen LogP contribution in [0.4, 0.5) is 5.69 Å². The maximum Gasteiger partial charge on any atom is 0.247 e. The molecule has 0 aliphatic carbocycles. The lowest BCUT2D eigenvalue weighted by atomic mass is 10.2. The van der Waals surface area contributed by atoms with Crippen molar-refractivity contribution < 1.29 is 4.79 Å². The summed E-state index contributed by atoms with van der Waals surface area (Å²) in [7, 11) is 1.82. The number of rotatable bonds is 1. The van der Waals surface area contributed by atoms with Gasteiger partial charge in [-0.2, -0.15) is 5.10 Å². The second kappa shape index (κ2) is 3.48. The van der Waals surface area contributed by atoms with Gasteiger partial charge in [0.2, 0.25) is 5.91 Å². The molecule has 5 nitrogen and oxygen atoms in total. The first-order valence-electron chi connectivity index (χ1n) is 5.64. The first-order valence-corrected chi connectivity index (χ1v) is 5.64. The molecule has 1 aliphatic heterocycles. The summed E-state index contributed by atoms with van der Waals surface area (Å²) < 4.78 is 1.79. The maximum absolute atomic E-state index is 12.0. The van der Waals surface area contributed by atoms with E-state index in [-0.39, 0.29) is 11.9 Å². The summed E-state index contributed by atoms with van der Waals surface area (Å²) >= 11 is 0. The predicted octanol–water partition coefficient (Wildman–Crippen LogP) is 1.02. The van der Waals surface area contributed by atoms with Crippen LogP contribution < -0.4 is 5.73 Å². The molecule has 1 saturated heterocycles. The van der Waals surface area contributed by atoms with E-state index in [9.17, 15) is 4.79 Å². The molecule has 5 heteroatoms. The third-order valence-electron chi connectivity index (χ3n) is 3.32. The first-order chi connectivity index (χ1) is 8.16. The Hall–Kier alpha value is -2.04. The SMILES string of the molecule is CN1CCC(n2ncc3ccc(N)cc32)C1=O. The van der Waals surface area contributed by atoms with Crippen LogP contribution in [0.25, 0.3) is 10.9 Å². The van der Waals surface area contributed by atoms with Crippen molar-refractivity contribution in [3.05, 3.63) is 24.4 Å². The van der Waals surface area contributed by atoms with Gasteiger partial charge < -0.3 is 10.6 Å². The number of nitrogens with two attached hydrogens (primary N) is 1. The zero-order valence-corrected chi connectivity index (χ0v) is 9.63. The van der Waals surface area contributed by atoms with Crippen molar-refractivity contribution in [2.24, 2.45) is 0 Å². The average molecular weight is 230 g/mol. The number of benzene rings is 1. The van der Waals surface area contributed by atoms with Crippen molar-refractivity contribution in [2.45, 2.75) is 12.5 Å². The second-order valence-electron chi connectivity index (χ2n) is 4.47. The minimum absolute atomic E-state index is 0.123. The molecule has 2 heterocycles.